The summed E-state index contributed by atoms with van der Waals surface area (Å²) < 4.78 is 5.55. The van der Waals surface area contributed by atoms with E-state index in [0.29, 0.717) is 0 Å². The minimum absolute atomic E-state index is 0.234. The molecule has 0 amide bonds. The summed E-state index contributed by atoms with van der Waals surface area (Å²) in [5.41, 5.74) is 0.234. The van der Waals surface area contributed by atoms with Crippen LogP contribution in [0.1, 0.15) is 26.7 Å². The fourth-order valence-corrected chi connectivity index (χ4v) is 2.08. The van der Waals surface area contributed by atoms with Crippen molar-refractivity contribution < 1.29 is 4.74 Å². The molecule has 0 aromatic carbocycles. The van der Waals surface area contributed by atoms with Gasteiger partial charge in [0.15, 0.2) is 0 Å². The number of hydrogen-bond acceptors (Lipinski definition) is 3. The maximum absolute atomic E-state index is 5.55. The molecule has 1 N–H and O–H groups in total. The first-order chi connectivity index (χ1) is 7.64. The number of hydrogen-bond donors (Lipinski definition) is 1. The highest BCUT2D eigenvalue weighted by Gasteiger charge is 2.23. The molecule has 0 saturated carbocycles. The number of nitrogens with one attached hydrogen (secondary N) is 1. The summed E-state index contributed by atoms with van der Waals surface area (Å²) in [6.45, 7) is 14.3. The van der Waals surface area contributed by atoms with Crippen LogP contribution in [0.25, 0.3) is 0 Å². The summed E-state index contributed by atoms with van der Waals surface area (Å²) in [5.74, 6) is 0. The average molecular weight is 226 g/mol. The van der Waals surface area contributed by atoms with Gasteiger partial charge in [0.25, 0.3) is 0 Å². The second-order valence-corrected chi connectivity index (χ2v) is 5.13. The summed E-state index contributed by atoms with van der Waals surface area (Å²) in [6, 6.07) is 0. The Morgan fingerprint density at radius 2 is 2.25 bits per heavy atom. The van der Waals surface area contributed by atoms with Crippen LogP contribution < -0.4 is 5.32 Å². The van der Waals surface area contributed by atoms with Gasteiger partial charge in [-0.15, -0.1) is 6.58 Å². The van der Waals surface area contributed by atoms with Gasteiger partial charge in [-0.2, -0.15) is 0 Å². The molecule has 1 heterocycles. The molecule has 0 aromatic heterocycles. The first-order valence-corrected chi connectivity index (χ1v) is 6.30. The Bertz CT molecular complexity index is 204. The lowest BCUT2D eigenvalue weighted by Gasteiger charge is -2.29. The number of nitrogens with zero attached hydrogens (tertiary/aromatic N) is 1. The van der Waals surface area contributed by atoms with E-state index in [9.17, 15) is 0 Å². The van der Waals surface area contributed by atoms with Crippen LogP contribution in [0.3, 0.4) is 0 Å². The molecular formula is C13H26N2O. The normalized spacial score (nSPS) is 21.6. The molecule has 0 aromatic rings. The highest BCUT2D eigenvalue weighted by atomic mass is 16.5. The van der Waals surface area contributed by atoms with Gasteiger partial charge in [0, 0.05) is 18.6 Å². The fourth-order valence-electron chi connectivity index (χ4n) is 2.08. The highest BCUT2D eigenvalue weighted by molar-refractivity contribution is 4.84. The molecule has 3 heteroatoms. The Labute approximate surface area is 99.8 Å². The first kappa shape index (κ1) is 13.7. The molecule has 0 atom stereocenters. The van der Waals surface area contributed by atoms with E-state index in [-0.39, 0.29) is 5.54 Å². The Hall–Kier alpha value is -0.380. The first-order valence-electron chi connectivity index (χ1n) is 6.30. The van der Waals surface area contributed by atoms with Gasteiger partial charge in [-0.3, -0.25) is 4.90 Å². The molecule has 1 fully saturated rings. The topological polar surface area (TPSA) is 24.5 Å². The lowest BCUT2D eigenvalue weighted by Crippen LogP contribution is -2.47. The molecule has 0 aliphatic carbocycles. The zero-order valence-corrected chi connectivity index (χ0v) is 10.8. The van der Waals surface area contributed by atoms with Crippen molar-refractivity contribution in [2.24, 2.45) is 0 Å². The van der Waals surface area contributed by atoms with E-state index in [0.717, 1.165) is 39.3 Å². The minimum atomic E-state index is 0.234. The van der Waals surface area contributed by atoms with Crippen LogP contribution in [0, 0.1) is 0 Å². The second kappa shape index (κ2) is 7.05. The highest BCUT2D eigenvalue weighted by Crippen LogP contribution is 2.09. The standard InChI is InChI=1S/C13H26N2O/c1-4-5-10-16-11-9-15-8-6-7-14-13(2,3)12-15/h4,14H,1,5-12H2,2-3H3. The largest absolute Gasteiger partial charge is 0.380 e. The third kappa shape index (κ3) is 5.64. The predicted molar refractivity (Wildman–Crippen MR) is 68.8 cm³/mol. The van der Waals surface area contributed by atoms with Gasteiger partial charge in [-0.25, -0.2) is 0 Å². The van der Waals surface area contributed by atoms with Crippen molar-refractivity contribution in [3.05, 3.63) is 12.7 Å². The van der Waals surface area contributed by atoms with E-state index in [4.69, 9.17) is 4.74 Å². The van der Waals surface area contributed by atoms with Crippen molar-refractivity contribution in [3.8, 4) is 0 Å². The third-order valence-corrected chi connectivity index (χ3v) is 2.89. The molecule has 3 nitrogen and oxygen atoms in total. The maximum atomic E-state index is 5.55. The van der Waals surface area contributed by atoms with E-state index in [1.54, 1.807) is 0 Å². The predicted octanol–water partition coefficient (Wildman–Crippen LogP) is 1.65. The van der Waals surface area contributed by atoms with Gasteiger partial charge in [-0.1, -0.05) is 6.08 Å². The van der Waals surface area contributed by atoms with Crippen molar-refractivity contribution in [2.45, 2.75) is 32.2 Å². The summed E-state index contributed by atoms with van der Waals surface area (Å²) in [6.07, 6.45) is 4.09. The van der Waals surface area contributed by atoms with Crippen LogP contribution in [0.4, 0.5) is 0 Å². The number of rotatable bonds is 6. The number of ether oxygens (including phenoxy) is 1. The second-order valence-electron chi connectivity index (χ2n) is 5.13. The fraction of sp³-hybridized carbons (Fsp3) is 0.846. The van der Waals surface area contributed by atoms with E-state index in [1.807, 2.05) is 6.08 Å². The molecule has 1 saturated heterocycles. The zero-order valence-electron chi connectivity index (χ0n) is 10.8. The quantitative estimate of drug-likeness (QED) is 0.550. The van der Waals surface area contributed by atoms with Crippen LogP contribution in [0.5, 0.6) is 0 Å². The van der Waals surface area contributed by atoms with Crippen molar-refractivity contribution >= 4 is 0 Å². The molecule has 0 spiro atoms. The molecular weight excluding hydrogens is 200 g/mol. The smallest absolute Gasteiger partial charge is 0.0593 e. The summed E-state index contributed by atoms with van der Waals surface area (Å²) in [5, 5.41) is 3.57. The van der Waals surface area contributed by atoms with Gasteiger partial charge in [0.05, 0.1) is 13.2 Å². The van der Waals surface area contributed by atoms with Crippen LogP contribution in [0.2, 0.25) is 0 Å². The van der Waals surface area contributed by atoms with Crippen molar-refractivity contribution in [2.75, 3.05) is 39.4 Å². The average Bonchev–Trinajstić information content (AvgIpc) is 2.39. The van der Waals surface area contributed by atoms with Crippen LogP contribution in [-0.4, -0.2) is 49.8 Å². The van der Waals surface area contributed by atoms with Gasteiger partial charge >= 0.3 is 0 Å². The lowest BCUT2D eigenvalue weighted by molar-refractivity contribution is 0.102. The summed E-state index contributed by atoms with van der Waals surface area (Å²) in [7, 11) is 0. The minimum Gasteiger partial charge on any atom is -0.380 e. The molecule has 94 valence electrons. The van der Waals surface area contributed by atoms with E-state index < -0.39 is 0 Å². The molecule has 1 aliphatic heterocycles. The Kier molecular flexibility index (Phi) is 6.03. The van der Waals surface area contributed by atoms with E-state index >= 15 is 0 Å². The maximum Gasteiger partial charge on any atom is 0.0593 e. The van der Waals surface area contributed by atoms with Crippen LogP contribution in [-0.2, 0) is 4.74 Å². The molecule has 0 unspecified atom stereocenters. The van der Waals surface area contributed by atoms with E-state index in [1.165, 1.54) is 13.0 Å². The summed E-state index contributed by atoms with van der Waals surface area (Å²) >= 11 is 0. The van der Waals surface area contributed by atoms with Crippen molar-refractivity contribution in [1.82, 2.24) is 10.2 Å². The van der Waals surface area contributed by atoms with Crippen LogP contribution >= 0.6 is 0 Å². The Balaban J connectivity index is 2.17. The van der Waals surface area contributed by atoms with Crippen LogP contribution in [0.15, 0.2) is 12.7 Å². The molecule has 1 aliphatic rings. The van der Waals surface area contributed by atoms with Gasteiger partial charge in [-0.05, 0) is 39.8 Å². The summed E-state index contributed by atoms with van der Waals surface area (Å²) in [4.78, 5) is 2.49. The molecule has 0 radical (unpaired) electrons. The monoisotopic (exact) mass is 226 g/mol. The zero-order chi connectivity index (χ0) is 11.9. The Morgan fingerprint density at radius 1 is 1.44 bits per heavy atom. The van der Waals surface area contributed by atoms with Gasteiger partial charge < -0.3 is 10.1 Å². The SMILES string of the molecule is C=CCCOCCN1CCCNC(C)(C)C1. The molecule has 1 rings (SSSR count). The van der Waals surface area contributed by atoms with Crippen molar-refractivity contribution in [1.29, 1.82) is 0 Å². The van der Waals surface area contributed by atoms with Gasteiger partial charge in [0.1, 0.15) is 0 Å². The van der Waals surface area contributed by atoms with E-state index in [2.05, 4.69) is 30.6 Å². The third-order valence-electron chi connectivity index (χ3n) is 2.89. The van der Waals surface area contributed by atoms with Gasteiger partial charge in [0.2, 0.25) is 0 Å². The Morgan fingerprint density at radius 3 is 3.00 bits per heavy atom. The van der Waals surface area contributed by atoms with Crippen molar-refractivity contribution in [3.63, 3.8) is 0 Å². The molecule has 16 heavy (non-hydrogen) atoms. The lowest BCUT2D eigenvalue weighted by atomic mass is 10.1. The molecule has 0 bridgehead atoms.